The van der Waals surface area contributed by atoms with E-state index in [0.717, 1.165) is 0 Å². The quantitative estimate of drug-likeness (QED) is 0.799. The second-order valence-electron chi connectivity index (χ2n) is 4.35. The lowest BCUT2D eigenvalue weighted by Crippen LogP contribution is -2.40. The van der Waals surface area contributed by atoms with Gasteiger partial charge in [0, 0.05) is 17.9 Å². The Morgan fingerprint density at radius 3 is 2.50 bits per heavy atom. The van der Waals surface area contributed by atoms with Crippen LogP contribution in [0.15, 0.2) is 23.4 Å². The van der Waals surface area contributed by atoms with Gasteiger partial charge >= 0.3 is 0 Å². The van der Waals surface area contributed by atoms with Crippen LogP contribution in [0.25, 0.3) is 4.85 Å². The van der Waals surface area contributed by atoms with E-state index in [1.54, 1.807) is 20.8 Å². The van der Waals surface area contributed by atoms with Crippen LogP contribution < -0.4 is 4.72 Å². The first-order chi connectivity index (χ1) is 7.24. The van der Waals surface area contributed by atoms with Crippen LogP contribution in [-0.2, 0) is 10.0 Å². The van der Waals surface area contributed by atoms with E-state index in [-0.39, 0.29) is 10.6 Å². The molecule has 0 amide bonds. The average molecular weight is 239 g/mol. The Morgan fingerprint density at radius 2 is 2.00 bits per heavy atom. The predicted molar refractivity (Wildman–Crippen MR) is 60.6 cm³/mol. The maximum atomic E-state index is 11.9. The molecule has 16 heavy (non-hydrogen) atoms. The van der Waals surface area contributed by atoms with Crippen molar-refractivity contribution < 1.29 is 8.42 Å². The van der Waals surface area contributed by atoms with Crippen molar-refractivity contribution >= 4 is 15.7 Å². The molecular formula is C10H13N3O2S. The monoisotopic (exact) mass is 239 g/mol. The van der Waals surface area contributed by atoms with Gasteiger partial charge in [-0.15, -0.1) is 0 Å². The van der Waals surface area contributed by atoms with Crippen LogP contribution in [0.5, 0.6) is 0 Å². The summed E-state index contributed by atoms with van der Waals surface area (Å²) >= 11 is 0. The van der Waals surface area contributed by atoms with E-state index in [1.165, 1.54) is 18.5 Å². The van der Waals surface area contributed by atoms with Crippen molar-refractivity contribution in [3.05, 3.63) is 29.9 Å². The highest BCUT2D eigenvalue weighted by atomic mass is 32.2. The van der Waals surface area contributed by atoms with Crippen LogP contribution in [0.2, 0.25) is 0 Å². The van der Waals surface area contributed by atoms with E-state index in [1.807, 2.05) is 0 Å². The molecule has 0 aliphatic heterocycles. The molecule has 1 N–H and O–H groups in total. The van der Waals surface area contributed by atoms with Crippen LogP contribution in [0.4, 0.5) is 5.69 Å². The number of nitrogens with zero attached hydrogens (tertiary/aromatic N) is 2. The molecule has 0 fully saturated rings. The van der Waals surface area contributed by atoms with Gasteiger partial charge in [0.25, 0.3) is 0 Å². The van der Waals surface area contributed by atoms with E-state index in [9.17, 15) is 8.42 Å². The standard InChI is InChI=1S/C10H13N3O2S/c1-10(2,3)13-16(14,15)9-5-8(11-4)6-12-7-9/h5-7,13H,1-3H3. The van der Waals surface area contributed by atoms with Crippen LogP contribution in [0.1, 0.15) is 20.8 Å². The SMILES string of the molecule is [C-]#[N+]c1cncc(S(=O)(=O)NC(C)(C)C)c1. The summed E-state index contributed by atoms with van der Waals surface area (Å²) in [4.78, 5) is 6.87. The Morgan fingerprint density at radius 1 is 1.38 bits per heavy atom. The lowest BCUT2D eigenvalue weighted by molar-refractivity contribution is 0.491. The van der Waals surface area contributed by atoms with Crippen molar-refractivity contribution in [2.24, 2.45) is 0 Å². The van der Waals surface area contributed by atoms with Gasteiger partial charge in [-0.05, 0) is 26.8 Å². The summed E-state index contributed by atoms with van der Waals surface area (Å²) in [6.45, 7) is 12.0. The highest BCUT2D eigenvalue weighted by Crippen LogP contribution is 2.17. The van der Waals surface area contributed by atoms with E-state index in [4.69, 9.17) is 6.57 Å². The van der Waals surface area contributed by atoms with Crippen molar-refractivity contribution in [3.8, 4) is 0 Å². The fraction of sp³-hybridized carbons (Fsp3) is 0.400. The van der Waals surface area contributed by atoms with Gasteiger partial charge in [-0.25, -0.2) is 18.0 Å². The lowest BCUT2D eigenvalue weighted by Gasteiger charge is -2.20. The fourth-order valence-corrected chi connectivity index (χ4v) is 2.48. The summed E-state index contributed by atoms with van der Waals surface area (Å²) in [5.41, 5.74) is -0.357. The summed E-state index contributed by atoms with van der Waals surface area (Å²) in [6, 6.07) is 1.30. The molecule has 86 valence electrons. The zero-order chi connectivity index (χ0) is 12.4. The molecule has 1 aromatic rings. The molecule has 5 nitrogen and oxygen atoms in total. The number of aromatic nitrogens is 1. The second kappa shape index (κ2) is 4.20. The third kappa shape index (κ3) is 3.29. The van der Waals surface area contributed by atoms with E-state index in [0.29, 0.717) is 0 Å². The molecule has 0 spiro atoms. The van der Waals surface area contributed by atoms with E-state index in [2.05, 4.69) is 14.6 Å². The molecule has 0 radical (unpaired) electrons. The van der Waals surface area contributed by atoms with Crippen molar-refractivity contribution in [1.29, 1.82) is 0 Å². The second-order valence-corrected chi connectivity index (χ2v) is 6.03. The average Bonchev–Trinajstić information content (AvgIpc) is 2.14. The summed E-state index contributed by atoms with van der Waals surface area (Å²) in [5, 5.41) is 0. The first-order valence-corrected chi connectivity index (χ1v) is 6.09. The number of rotatable bonds is 2. The minimum absolute atomic E-state index is 0.0101. The molecule has 0 unspecified atom stereocenters. The van der Waals surface area contributed by atoms with Crippen LogP contribution in [0.3, 0.4) is 0 Å². The lowest BCUT2D eigenvalue weighted by atomic mass is 10.1. The van der Waals surface area contributed by atoms with Gasteiger partial charge in [0.1, 0.15) is 0 Å². The zero-order valence-electron chi connectivity index (χ0n) is 9.35. The third-order valence-electron chi connectivity index (χ3n) is 1.58. The normalized spacial score (nSPS) is 12.1. The number of sulfonamides is 1. The molecule has 0 bridgehead atoms. The van der Waals surface area contributed by atoms with Gasteiger partial charge in [0.2, 0.25) is 15.7 Å². The molecule has 0 saturated carbocycles. The minimum Gasteiger partial charge on any atom is -0.275 e. The smallest absolute Gasteiger partial charge is 0.241 e. The minimum atomic E-state index is -3.61. The number of hydrogen-bond acceptors (Lipinski definition) is 3. The molecule has 0 atom stereocenters. The molecule has 0 aromatic carbocycles. The molecule has 1 rings (SSSR count). The van der Waals surface area contributed by atoms with Crippen molar-refractivity contribution in [2.75, 3.05) is 0 Å². The molecule has 0 aliphatic rings. The first kappa shape index (κ1) is 12.6. The predicted octanol–water partition coefficient (Wildman–Crippen LogP) is 1.71. The number of hydrogen-bond donors (Lipinski definition) is 1. The van der Waals surface area contributed by atoms with Gasteiger partial charge in [0.05, 0.1) is 11.5 Å². The first-order valence-electron chi connectivity index (χ1n) is 4.61. The maximum Gasteiger partial charge on any atom is 0.241 e. The topological polar surface area (TPSA) is 63.4 Å². The summed E-state index contributed by atoms with van der Waals surface area (Å²) in [5.74, 6) is 0. The summed E-state index contributed by atoms with van der Waals surface area (Å²) < 4.78 is 26.2. The van der Waals surface area contributed by atoms with E-state index < -0.39 is 15.6 Å². The maximum absolute atomic E-state index is 11.9. The summed E-state index contributed by atoms with van der Waals surface area (Å²) in [7, 11) is -3.61. The van der Waals surface area contributed by atoms with Crippen LogP contribution in [0, 0.1) is 6.57 Å². The number of nitrogens with one attached hydrogen (secondary N) is 1. The van der Waals surface area contributed by atoms with Gasteiger partial charge < -0.3 is 0 Å². The largest absolute Gasteiger partial charge is 0.275 e. The Bertz CT molecular complexity index is 524. The van der Waals surface area contributed by atoms with Gasteiger partial charge in [-0.2, -0.15) is 0 Å². The Kier molecular flexibility index (Phi) is 3.31. The van der Waals surface area contributed by atoms with E-state index >= 15 is 0 Å². The highest BCUT2D eigenvalue weighted by Gasteiger charge is 2.22. The Labute approximate surface area is 95.4 Å². The van der Waals surface area contributed by atoms with Gasteiger partial charge in [-0.1, -0.05) is 0 Å². The van der Waals surface area contributed by atoms with Crippen molar-refractivity contribution in [2.45, 2.75) is 31.2 Å². The molecule has 0 aliphatic carbocycles. The molecule has 6 heteroatoms. The summed E-state index contributed by atoms with van der Waals surface area (Å²) in [6.07, 6.45) is 2.55. The van der Waals surface area contributed by atoms with Crippen molar-refractivity contribution in [1.82, 2.24) is 9.71 Å². The van der Waals surface area contributed by atoms with Gasteiger partial charge in [-0.3, -0.25) is 4.98 Å². The Hall–Kier alpha value is -1.45. The highest BCUT2D eigenvalue weighted by molar-refractivity contribution is 7.89. The Balaban J connectivity index is 3.14. The fourth-order valence-electron chi connectivity index (χ4n) is 1.08. The molecule has 1 heterocycles. The van der Waals surface area contributed by atoms with Crippen LogP contribution in [-0.4, -0.2) is 18.9 Å². The number of pyridine rings is 1. The molecule has 0 saturated heterocycles. The third-order valence-corrected chi connectivity index (χ3v) is 3.30. The molecule has 1 aromatic heterocycles. The van der Waals surface area contributed by atoms with Gasteiger partial charge in [0.15, 0.2) is 0 Å². The van der Waals surface area contributed by atoms with Crippen LogP contribution >= 0.6 is 0 Å². The molecular weight excluding hydrogens is 226 g/mol. The van der Waals surface area contributed by atoms with Crippen molar-refractivity contribution in [3.63, 3.8) is 0 Å². The zero-order valence-corrected chi connectivity index (χ0v) is 10.2.